The molecule has 0 saturated carbocycles. The van der Waals surface area contributed by atoms with E-state index >= 15 is 0 Å². The molecule has 0 aliphatic rings. The van der Waals surface area contributed by atoms with Gasteiger partial charge in [0, 0.05) is 12.3 Å². The van der Waals surface area contributed by atoms with Crippen molar-refractivity contribution in [3.05, 3.63) is 0 Å². The number of rotatable bonds is 6. The second kappa shape index (κ2) is 8.49. The first kappa shape index (κ1) is 11.4. The van der Waals surface area contributed by atoms with Crippen LogP contribution >= 0.6 is 36.6 Å². The molecular weight excluding hydrogens is 196 g/mol. The molecule has 0 saturated heterocycles. The van der Waals surface area contributed by atoms with Gasteiger partial charge in [-0.2, -0.15) is 24.4 Å². The van der Waals surface area contributed by atoms with E-state index in [1.54, 1.807) is 0 Å². The topological polar surface area (TPSA) is 38.0 Å². The SMILES string of the molecule is NC(=S)NCCCSCCS. The van der Waals surface area contributed by atoms with Crippen molar-refractivity contribution in [2.45, 2.75) is 6.42 Å². The minimum atomic E-state index is 0.393. The highest BCUT2D eigenvalue weighted by Gasteiger charge is 1.89. The van der Waals surface area contributed by atoms with Crippen molar-refractivity contribution in [2.24, 2.45) is 5.73 Å². The number of thiol groups is 1. The number of thioether (sulfide) groups is 1. The largest absolute Gasteiger partial charge is 0.376 e. The van der Waals surface area contributed by atoms with Crippen LogP contribution < -0.4 is 11.1 Å². The van der Waals surface area contributed by atoms with Crippen LogP contribution in [0.4, 0.5) is 0 Å². The number of hydrogen-bond acceptors (Lipinski definition) is 3. The van der Waals surface area contributed by atoms with Crippen molar-refractivity contribution in [2.75, 3.05) is 23.8 Å². The fourth-order valence-electron chi connectivity index (χ4n) is 0.552. The number of hydrogen-bond donors (Lipinski definition) is 3. The maximum Gasteiger partial charge on any atom is 0.163 e. The van der Waals surface area contributed by atoms with E-state index in [0.29, 0.717) is 5.11 Å². The van der Waals surface area contributed by atoms with Gasteiger partial charge in [0.25, 0.3) is 0 Å². The zero-order valence-corrected chi connectivity index (χ0v) is 8.90. The van der Waals surface area contributed by atoms with Crippen molar-refractivity contribution in [3.8, 4) is 0 Å². The molecule has 0 aromatic rings. The molecule has 0 unspecified atom stereocenters. The normalized spacial score (nSPS) is 9.55. The lowest BCUT2D eigenvalue weighted by Crippen LogP contribution is -2.29. The zero-order chi connectivity index (χ0) is 8.53. The fraction of sp³-hybridized carbons (Fsp3) is 0.833. The zero-order valence-electron chi connectivity index (χ0n) is 6.38. The Morgan fingerprint density at radius 1 is 1.55 bits per heavy atom. The van der Waals surface area contributed by atoms with E-state index in [4.69, 9.17) is 5.73 Å². The summed E-state index contributed by atoms with van der Waals surface area (Å²) in [6.07, 6.45) is 1.11. The second-order valence-electron chi connectivity index (χ2n) is 1.98. The monoisotopic (exact) mass is 210 g/mol. The summed E-state index contributed by atoms with van der Waals surface area (Å²) in [6, 6.07) is 0. The molecule has 0 amide bonds. The molecule has 0 rings (SSSR count). The summed E-state index contributed by atoms with van der Waals surface area (Å²) in [5.41, 5.74) is 5.23. The molecule has 0 spiro atoms. The summed E-state index contributed by atoms with van der Waals surface area (Å²) < 4.78 is 0. The van der Waals surface area contributed by atoms with Crippen molar-refractivity contribution >= 4 is 41.7 Å². The van der Waals surface area contributed by atoms with Gasteiger partial charge in [0.05, 0.1) is 0 Å². The van der Waals surface area contributed by atoms with Crippen molar-refractivity contribution < 1.29 is 0 Å². The van der Waals surface area contributed by atoms with Crippen molar-refractivity contribution in [1.29, 1.82) is 0 Å². The van der Waals surface area contributed by atoms with Gasteiger partial charge in [-0.3, -0.25) is 0 Å². The summed E-state index contributed by atoms with van der Waals surface area (Å²) >= 11 is 10.6. The van der Waals surface area contributed by atoms with E-state index in [-0.39, 0.29) is 0 Å². The molecule has 0 aromatic heterocycles. The predicted molar refractivity (Wildman–Crippen MR) is 60.6 cm³/mol. The Morgan fingerprint density at radius 3 is 2.82 bits per heavy atom. The summed E-state index contributed by atoms with van der Waals surface area (Å²) in [6.45, 7) is 0.884. The molecule has 11 heavy (non-hydrogen) atoms. The molecule has 0 radical (unpaired) electrons. The van der Waals surface area contributed by atoms with Gasteiger partial charge in [-0.15, -0.1) is 0 Å². The smallest absolute Gasteiger partial charge is 0.163 e. The third-order valence-electron chi connectivity index (χ3n) is 1.00. The van der Waals surface area contributed by atoms with Crippen LogP contribution in [0.3, 0.4) is 0 Å². The lowest BCUT2D eigenvalue weighted by Gasteiger charge is -2.02. The standard InChI is InChI=1S/C6H14N2S3/c7-6(10)8-2-1-4-11-5-3-9/h9H,1-5H2,(H3,7,8,10). The first-order valence-corrected chi connectivity index (χ1v) is 5.69. The van der Waals surface area contributed by atoms with Gasteiger partial charge in [0.1, 0.15) is 0 Å². The Balaban J connectivity index is 2.85. The summed E-state index contributed by atoms with van der Waals surface area (Å²) in [5.74, 6) is 3.22. The van der Waals surface area contributed by atoms with E-state index in [9.17, 15) is 0 Å². The highest BCUT2D eigenvalue weighted by Crippen LogP contribution is 2.01. The van der Waals surface area contributed by atoms with Crippen LogP contribution in [0.25, 0.3) is 0 Å². The molecule has 0 fully saturated rings. The third kappa shape index (κ3) is 10.4. The Hall–Kier alpha value is 0.390. The molecule has 2 nitrogen and oxygen atoms in total. The van der Waals surface area contributed by atoms with Gasteiger partial charge in [-0.1, -0.05) is 0 Å². The van der Waals surface area contributed by atoms with Crippen LogP contribution in [0.5, 0.6) is 0 Å². The van der Waals surface area contributed by atoms with Crippen LogP contribution in [0.1, 0.15) is 6.42 Å². The van der Waals surface area contributed by atoms with Gasteiger partial charge in [0.15, 0.2) is 5.11 Å². The molecule has 0 bridgehead atoms. The van der Waals surface area contributed by atoms with E-state index in [2.05, 4.69) is 30.2 Å². The van der Waals surface area contributed by atoms with Gasteiger partial charge < -0.3 is 11.1 Å². The quantitative estimate of drug-likeness (QED) is 0.346. The Labute approximate surface area is 83.1 Å². The minimum absolute atomic E-state index is 0.393. The van der Waals surface area contributed by atoms with E-state index in [1.165, 1.54) is 0 Å². The number of thiocarbonyl (C=S) groups is 1. The lowest BCUT2D eigenvalue weighted by atomic mass is 10.5. The molecule has 0 heterocycles. The second-order valence-corrected chi connectivity index (χ2v) is 4.09. The number of nitrogens with one attached hydrogen (secondary N) is 1. The Kier molecular flexibility index (Phi) is 8.79. The van der Waals surface area contributed by atoms with Crippen molar-refractivity contribution in [1.82, 2.24) is 5.32 Å². The van der Waals surface area contributed by atoms with Gasteiger partial charge in [0.2, 0.25) is 0 Å². The first-order valence-electron chi connectivity index (χ1n) is 3.49. The summed E-state index contributed by atoms with van der Waals surface area (Å²) in [5, 5.41) is 3.29. The van der Waals surface area contributed by atoms with Crippen LogP contribution in [0.15, 0.2) is 0 Å². The Bertz CT molecular complexity index is 108. The van der Waals surface area contributed by atoms with E-state index < -0.39 is 0 Å². The molecule has 0 aliphatic carbocycles. The average Bonchev–Trinajstić information content (AvgIpc) is 1.96. The van der Waals surface area contributed by atoms with Gasteiger partial charge in [-0.05, 0) is 30.1 Å². The van der Waals surface area contributed by atoms with Crippen LogP contribution in [0.2, 0.25) is 0 Å². The average molecular weight is 210 g/mol. The fourth-order valence-corrected chi connectivity index (χ4v) is 1.72. The van der Waals surface area contributed by atoms with Crippen molar-refractivity contribution in [3.63, 3.8) is 0 Å². The lowest BCUT2D eigenvalue weighted by molar-refractivity contribution is 0.851. The first-order chi connectivity index (χ1) is 5.27. The third-order valence-corrected chi connectivity index (χ3v) is 2.74. The molecular formula is C6H14N2S3. The Morgan fingerprint density at radius 2 is 2.27 bits per heavy atom. The maximum absolute atomic E-state index is 5.23. The van der Waals surface area contributed by atoms with Crippen LogP contribution in [0, 0.1) is 0 Å². The summed E-state index contributed by atoms with van der Waals surface area (Å²) in [4.78, 5) is 0. The highest BCUT2D eigenvalue weighted by atomic mass is 32.2. The molecule has 66 valence electrons. The molecule has 3 N–H and O–H groups in total. The molecule has 0 aliphatic heterocycles. The van der Waals surface area contributed by atoms with E-state index in [0.717, 1.165) is 30.2 Å². The highest BCUT2D eigenvalue weighted by molar-refractivity contribution is 7.99. The maximum atomic E-state index is 5.23. The predicted octanol–water partition coefficient (Wildman–Crippen LogP) is 0.873. The van der Waals surface area contributed by atoms with Crippen LogP contribution in [-0.2, 0) is 0 Å². The molecule has 0 atom stereocenters. The summed E-state index contributed by atoms with van der Waals surface area (Å²) in [7, 11) is 0. The number of nitrogens with two attached hydrogens (primary N) is 1. The molecule has 0 aromatic carbocycles. The van der Waals surface area contributed by atoms with Gasteiger partial charge >= 0.3 is 0 Å². The van der Waals surface area contributed by atoms with E-state index in [1.807, 2.05) is 11.8 Å². The van der Waals surface area contributed by atoms with Gasteiger partial charge in [-0.25, -0.2) is 0 Å². The molecule has 5 heteroatoms. The van der Waals surface area contributed by atoms with Crippen LogP contribution in [-0.4, -0.2) is 28.9 Å². The minimum Gasteiger partial charge on any atom is -0.376 e.